The molecule has 0 atom stereocenters. The molecule has 4 heteroatoms. The van der Waals surface area contributed by atoms with Gasteiger partial charge in [0, 0.05) is 0 Å². The third-order valence-electron chi connectivity index (χ3n) is 2.03. The standard InChI is InChI=1S/C9H10O.H2O2S/c10-9(6-7-9)8-4-2-1-3-5-8;1-3-2/h1-5,10H,6-7H2;3H2. The Morgan fingerprint density at radius 3 is 2.00 bits per heavy atom. The second-order valence-corrected chi connectivity index (χ2v) is 3.15. The first-order chi connectivity index (χ1) is 6.23. The maximum Gasteiger partial charge on any atom is 0.129 e. The van der Waals surface area contributed by atoms with Crippen LogP contribution in [0.4, 0.5) is 0 Å². The number of hydrogen-bond donors (Lipinski definition) is 1. The predicted octanol–water partition coefficient (Wildman–Crippen LogP) is 0.462. The summed E-state index contributed by atoms with van der Waals surface area (Å²) in [6.07, 6.45) is 1.86. The Morgan fingerprint density at radius 2 is 1.62 bits per heavy atom. The van der Waals surface area contributed by atoms with E-state index < -0.39 is 17.2 Å². The molecule has 0 amide bonds. The molecular weight excluding hydrogens is 188 g/mol. The Bertz CT molecular complexity index is 300. The number of benzene rings is 1. The zero-order valence-corrected chi connectivity index (χ0v) is 8.06. The van der Waals surface area contributed by atoms with Crippen molar-refractivity contribution in [3.05, 3.63) is 35.9 Å². The van der Waals surface area contributed by atoms with Crippen LogP contribution in [0.5, 0.6) is 0 Å². The molecule has 0 radical (unpaired) electrons. The van der Waals surface area contributed by atoms with Gasteiger partial charge in [0.25, 0.3) is 0 Å². The highest BCUT2D eigenvalue weighted by Crippen LogP contribution is 2.44. The van der Waals surface area contributed by atoms with Crippen LogP contribution in [-0.2, 0) is 17.2 Å². The molecule has 72 valence electrons. The van der Waals surface area contributed by atoms with Crippen LogP contribution in [0.25, 0.3) is 0 Å². The normalized spacial score (nSPS) is 17.0. The molecule has 0 aliphatic heterocycles. The van der Waals surface area contributed by atoms with E-state index in [2.05, 4.69) is 0 Å². The molecule has 0 aromatic heterocycles. The highest BCUT2D eigenvalue weighted by atomic mass is 32.1. The fourth-order valence-electron chi connectivity index (χ4n) is 1.16. The van der Waals surface area contributed by atoms with Gasteiger partial charge in [0.05, 0.1) is 5.60 Å². The summed E-state index contributed by atoms with van der Waals surface area (Å²) in [5, 5.41) is 9.60. The molecule has 0 unspecified atom stereocenters. The molecule has 1 aliphatic carbocycles. The topological polar surface area (TPSA) is 54.4 Å². The molecule has 0 heterocycles. The summed E-state index contributed by atoms with van der Waals surface area (Å²) in [4.78, 5) is 0. The quantitative estimate of drug-likeness (QED) is 0.716. The summed E-state index contributed by atoms with van der Waals surface area (Å²) in [5.74, 6) is 0. The minimum Gasteiger partial charge on any atom is -0.385 e. The van der Waals surface area contributed by atoms with Gasteiger partial charge >= 0.3 is 0 Å². The van der Waals surface area contributed by atoms with Gasteiger partial charge in [-0.05, 0) is 18.4 Å². The second-order valence-electron chi connectivity index (χ2n) is 2.98. The molecule has 3 nitrogen and oxygen atoms in total. The van der Waals surface area contributed by atoms with Crippen molar-refractivity contribution in [2.24, 2.45) is 0 Å². The van der Waals surface area contributed by atoms with E-state index >= 15 is 0 Å². The molecule has 0 saturated heterocycles. The van der Waals surface area contributed by atoms with Crippen LogP contribution >= 0.6 is 0 Å². The van der Waals surface area contributed by atoms with Crippen LogP contribution in [0.3, 0.4) is 0 Å². The average Bonchev–Trinajstić information content (AvgIpc) is 2.88. The highest BCUT2D eigenvalue weighted by Gasteiger charge is 2.41. The molecule has 1 N–H and O–H groups in total. The van der Waals surface area contributed by atoms with Crippen molar-refractivity contribution >= 4 is 11.6 Å². The van der Waals surface area contributed by atoms with Crippen molar-refractivity contribution in [2.45, 2.75) is 18.4 Å². The van der Waals surface area contributed by atoms with E-state index in [0.29, 0.717) is 0 Å². The van der Waals surface area contributed by atoms with Crippen molar-refractivity contribution < 1.29 is 13.5 Å². The molecule has 1 aliphatic rings. The van der Waals surface area contributed by atoms with Crippen LogP contribution in [0.2, 0.25) is 0 Å². The van der Waals surface area contributed by atoms with Crippen LogP contribution in [-0.4, -0.2) is 13.5 Å². The minimum absolute atomic E-state index is 0.457. The van der Waals surface area contributed by atoms with Crippen molar-refractivity contribution in [3.8, 4) is 0 Å². The number of aliphatic hydroxyl groups is 1. The van der Waals surface area contributed by atoms with E-state index in [0.717, 1.165) is 18.4 Å². The smallest absolute Gasteiger partial charge is 0.129 e. The van der Waals surface area contributed by atoms with Crippen LogP contribution in [0.15, 0.2) is 30.3 Å². The summed E-state index contributed by atoms with van der Waals surface area (Å²) < 4.78 is 16.8. The van der Waals surface area contributed by atoms with E-state index in [9.17, 15) is 5.11 Å². The molecular formula is C9H12O3S. The third kappa shape index (κ3) is 2.82. The lowest BCUT2D eigenvalue weighted by molar-refractivity contribution is 0.151. The number of rotatable bonds is 1. The lowest BCUT2D eigenvalue weighted by Crippen LogP contribution is -2.02. The summed E-state index contributed by atoms with van der Waals surface area (Å²) in [6.45, 7) is 0. The Balaban J connectivity index is 0.000000251. The summed E-state index contributed by atoms with van der Waals surface area (Å²) >= 11 is -1.42. The maximum absolute atomic E-state index is 9.60. The van der Waals surface area contributed by atoms with Gasteiger partial charge < -0.3 is 5.11 Å². The van der Waals surface area contributed by atoms with E-state index in [4.69, 9.17) is 8.42 Å². The summed E-state index contributed by atoms with van der Waals surface area (Å²) in [5.41, 5.74) is 0.608. The van der Waals surface area contributed by atoms with Gasteiger partial charge in [-0.2, -0.15) is 0 Å². The van der Waals surface area contributed by atoms with Gasteiger partial charge in [-0.1, -0.05) is 30.3 Å². The first-order valence-electron chi connectivity index (χ1n) is 4.00. The predicted molar refractivity (Wildman–Crippen MR) is 51.3 cm³/mol. The molecule has 0 spiro atoms. The zero-order chi connectivity index (χ0) is 9.73. The van der Waals surface area contributed by atoms with E-state index in [1.807, 2.05) is 30.3 Å². The second kappa shape index (κ2) is 4.39. The molecule has 2 rings (SSSR count). The van der Waals surface area contributed by atoms with Gasteiger partial charge in [0.15, 0.2) is 0 Å². The van der Waals surface area contributed by atoms with Crippen molar-refractivity contribution in [1.29, 1.82) is 0 Å². The molecule has 13 heavy (non-hydrogen) atoms. The number of hydrogen-bond acceptors (Lipinski definition) is 3. The Hall–Kier alpha value is -0.870. The molecule has 1 aromatic rings. The average molecular weight is 200 g/mol. The van der Waals surface area contributed by atoms with Gasteiger partial charge in [-0.25, -0.2) is 8.42 Å². The molecule has 1 saturated carbocycles. The monoisotopic (exact) mass is 200 g/mol. The fourth-order valence-corrected chi connectivity index (χ4v) is 1.16. The zero-order valence-electron chi connectivity index (χ0n) is 7.06. The van der Waals surface area contributed by atoms with Gasteiger partial charge in [-0.15, -0.1) is 0 Å². The lowest BCUT2D eigenvalue weighted by Gasteiger charge is -2.05. The maximum atomic E-state index is 9.60. The highest BCUT2D eigenvalue weighted by molar-refractivity contribution is 7.51. The van der Waals surface area contributed by atoms with Gasteiger partial charge in [-0.3, -0.25) is 0 Å². The van der Waals surface area contributed by atoms with Gasteiger partial charge in [0.2, 0.25) is 0 Å². The Labute approximate surface area is 80.0 Å². The summed E-state index contributed by atoms with van der Waals surface area (Å²) in [6, 6.07) is 9.85. The first kappa shape index (κ1) is 10.2. The van der Waals surface area contributed by atoms with E-state index in [1.165, 1.54) is 0 Å². The Morgan fingerprint density at radius 1 is 1.15 bits per heavy atom. The fraction of sp³-hybridized carbons (Fsp3) is 0.333. The first-order valence-corrected chi connectivity index (χ1v) is 4.82. The van der Waals surface area contributed by atoms with Crippen LogP contribution < -0.4 is 0 Å². The van der Waals surface area contributed by atoms with E-state index in [-0.39, 0.29) is 0 Å². The van der Waals surface area contributed by atoms with E-state index in [1.54, 1.807) is 0 Å². The van der Waals surface area contributed by atoms with Crippen molar-refractivity contribution in [1.82, 2.24) is 0 Å². The molecule has 1 fully saturated rings. The van der Waals surface area contributed by atoms with Crippen LogP contribution in [0.1, 0.15) is 18.4 Å². The third-order valence-corrected chi connectivity index (χ3v) is 2.03. The Kier molecular flexibility index (Phi) is 3.45. The molecule has 1 aromatic carbocycles. The SMILES string of the molecule is O=[SH2]=O.OC1(c2ccccc2)CC1. The van der Waals surface area contributed by atoms with Crippen molar-refractivity contribution in [2.75, 3.05) is 0 Å². The van der Waals surface area contributed by atoms with Gasteiger partial charge in [0.1, 0.15) is 11.6 Å². The molecule has 0 bridgehead atoms. The van der Waals surface area contributed by atoms with Crippen LogP contribution in [0, 0.1) is 0 Å². The summed E-state index contributed by atoms with van der Waals surface area (Å²) in [7, 11) is 0. The van der Waals surface area contributed by atoms with Crippen molar-refractivity contribution in [3.63, 3.8) is 0 Å². The largest absolute Gasteiger partial charge is 0.385 e. The minimum atomic E-state index is -1.42. The lowest BCUT2D eigenvalue weighted by atomic mass is 10.1.